The van der Waals surface area contributed by atoms with E-state index in [4.69, 9.17) is 9.72 Å². The van der Waals surface area contributed by atoms with Crippen molar-refractivity contribution in [2.24, 2.45) is 0 Å². The third-order valence-electron chi connectivity index (χ3n) is 6.12. The SMILES string of the molecule is CCN(CC)CCN(C(=O)c1ccc(N2CCOCC2)c([N+](=O)[O-])c1)c1nc2ccc(Br)cc2s1. The summed E-state index contributed by atoms with van der Waals surface area (Å²) in [6.45, 7) is 9.19. The zero-order valence-corrected chi connectivity index (χ0v) is 22.2. The summed E-state index contributed by atoms with van der Waals surface area (Å²) in [6, 6.07) is 10.5. The summed E-state index contributed by atoms with van der Waals surface area (Å²) in [5.74, 6) is -0.299. The quantitative estimate of drug-likeness (QED) is 0.274. The highest BCUT2D eigenvalue weighted by Gasteiger charge is 2.27. The molecule has 0 atom stereocenters. The van der Waals surface area contributed by atoms with E-state index in [2.05, 4.69) is 34.7 Å². The topological polar surface area (TPSA) is 92.0 Å². The molecule has 1 amide bonds. The lowest BCUT2D eigenvalue weighted by atomic mass is 10.1. The fourth-order valence-corrected chi connectivity index (χ4v) is 5.64. The molecular weight excluding hydrogens is 534 g/mol. The molecule has 0 aliphatic carbocycles. The van der Waals surface area contributed by atoms with Crippen LogP contribution in [-0.4, -0.2) is 73.2 Å². The number of nitro benzene ring substituents is 1. The highest BCUT2D eigenvalue weighted by atomic mass is 79.9. The minimum Gasteiger partial charge on any atom is -0.378 e. The van der Waals surface area contributed by atoms with E-state index in [1.807, 2.05) is 23.1 Å². The number of amides is 1. The van der Waals surface area contributed by atoms with Crippen LogP contribution in [0.2, 0.25) is 0 Å². The van der Waals surface area contributed by atoms with Gasteiger partial charge in [-0.05, 0) is 43.4 Å². The Balaban J connectivity index is 1.69. The van der Waals surface area contributed by atoms with Crippen LogP contribution in [-0.2, 0) is 4.74 Å². The Morgan fingerprint density at radius 3 is 2.60 bits per heavy atom. The van der Waals surface area contributed by atoms with Crippen molar-refractivity contribution in [2.45, 2.75) is 13.8 Å². The fourth-order valence-electron chi connectivity index (χ4n) is 4.10. The summed E-state index contributed by atoms with van der Waals surface area (Å²) in [7, 11) is 0. The molecule has 0 radical (unpaired) electrons. The first-order valence-corrected chi connectivity index (χ1v) is 13.2. The Morgan fingerprint density at radius 1 is 1.17 bits per heavy atom. The first-order chi connectivity index (χ1) is 16.9. The lowest BCUT2D eigenvalue weighted by Gasteiger charge is -2.29. The molecule has 186 valence electrons. The Bertz CT molecular complexity index is 1210. The highest BCUT2D eigenvalue weighted by Crippen LogP contribution is 2.34. The summed E-state index contributed by atoms with van der Waals surface area (Å²) >= 11 is 4.93. The number of hydrogen-bond donors (Lipinski definition) is 0. The van der Waals surface area contributed by atoms with E-state index in [1.54, 1.807) is 17.0 Å². The number of likely N-dealkylation sites (N-methyl/N-ethyl adjacent to an activating group) is 1. The molecule has 0 bridgehead atoms. The van der Waals surface area contributed by atoms with Crippen molar-refractivity contribution in [3.05, 3.63) is 56.5 Å². The van der Waals surface area contributed by atoms with Crippen LogP contribution in [0.15, 0.2) is 40.9 Å². The summed E-state index contributed by atoms with van der Waals surface area (Å²) in [5, 5.41) is 12.5. The Morgan fingerprint density at radius 2 is 1.91 bits per heavy atom. The van der Waals surface area contributed by atoms with Crippen LogP contribution >= 0.6 is 27.3 Å². The molecule has 1 aliphatic heterocycles. The number of thiazole rings is 1. The van der Waals surface area contributed by atoms with Crippen LogP contribution < -0.4 is 9.80 Å². The van der Waals surface area contributed by atoms with Gasteiger partial charge in [-0.1, -0.05) is 41.1 Å². The molecule has 1 aliphatic rings. The van der Waals surface area contributed by atoms with E-state index in [0.29, 0.717) is 50.2 Å². The van der Waals surface area contributed by atoms with Crippen LogP contribution in [0.1, 0.15) is 24.2 Å². The molecule has 9 nitrogen and oxygen atoms in total. The molecule has 2 aromatic carbocycles. The van der Waals surface area contributed by atoms with Gasteiger partial charge in [0, 0.05) is 42.3 Å². The molecule has 1 fully saturated rings. The van der Waals surface area contributed by atoms with Gasteiger partial charge >= 0.3 is 0 Å². The van der Waals surface area contributed by atoms with Gasteiger partial charge in [0.25, 0.3) is 11.6 Å². The van der Waals surface area contributed by atoms with E-state index in [-0.39, 0.29) is 17.2 Å². The lowest BCUT2D eigenvalue weighted by molar-refractivity contribution is -0.384. The van der Waals surface area contributed by atoms with Crippen LogP contribution in [0.5, 0.6) is 0 Å². The van der Waals surface area contributed by atoms with E-state index in [0.717, 1.165) is 27.8 Å². The van der Waals surface area contributed by atoms with Crippen LogP contribution in [0.4, 0.5) is 16.5 Å². The Hall–Kier alpha value is -2.60. The number of halogens is 1. The summed E-state index contributed by atoms with van der Waals surface area (Å²) in [5.41, 5.74) is 1.51. The van der Waals surface area contributed by atoms with E-state index in [1.165, 1.54) is 17.4 Å². The minimum absolute atomic E-state index is 0.0744. The van der Waals surface area contributed by atoms with Crippen molar-refractivity contribution >= 4 is 59.9 Å². The molecule has 11 heteroatoms. The van der Waals surface area contributed by atoms with Crippen LogP contribution in [0.3, 0.4) is 0 Å². The van der Waals surface area contributed by atoms with Gasteiger partial charge in [-0.25, -0.2) is 4.98 Å². The predicted octanol–water partition coefficient (Wildman–Crippen LogP) is 4.79. The Kier molecular flexibility index (Phi) is 8.32. The maximum atomic E-state index is 13.7. The fraction of sp³-hybridized carbons (Fsp3) is 0.417. The number of ether oxygens (including phenoxy) is 1. The van der Waals surface area contributed by atoms with Crippen molar-refractivity contribution in [3.63, 3.8) is 0 Å². The molecule has 2 heterocycles. The number of nitro groups is 1. The molecular formula is C24H28BrN5O4S. The highest BCUT2D eigenvalue weighted by molar-refractivity contribution is 9.10. The first kappa shape index (κ1) is 25.5. The van der Waals surface area contributed by atoms with Crippen molar-refractivity contribution in [1.29, 1.82) is 0 Å². The van der Waals surface area contributed by atoms with Crippen molar-refractivity contribution in [1.82, 2.24) is 9.88 Å². The molecule has 3 aromatic rings. The number of nitrogens with zero attached hydrogens (tertiary/aromatic N) is 5. The van der Waals surface area contributed by atoms with Crippen molar-refractivity contribution in [3.8, 4) is 0 Å². The monoisotopic (exact) mass is 561 g/mol. The predicted molar refractivity (Wildman–Crippen MR) is 143 cm³/mol. The zero-order valence-electron chi connectivity index (χ0n) is 19.8. The molecule has 0 saturated carbocycles. The van der Waals surface area contributed by atoms with Gasteiger partial charge in [0.1, 0.15) is 5.69 Å². The lowest BCUT2D eigenvalue weighted by Crippen LogP contribution is -2.39. The summed E-state index contributed by atoms with van der Waals surface area (Å²) < 4.78 is 7.28. The second-order valence-corrected chi connectivity index (χ2v) is 10.1. The van der Waals surface area contributed by atoms with Gasteiger partial charge in [0.15, 0.2) is 5.13 Å². The number of anilines is 2. The van der Waals surface area contributed by atoms with Crippen molar-refractivity contribution in [2.75, 3.05) is 62.3 Å². The van der Waals surface area contributed by atoms with Gasteiger partial charge < -0.3 is 14.5 Å². The second kappa shape index (κ2) is 11.4. The number of hydrogen-bond acceptors (Lipinski definition) is 8. The van der Waals surface area contributed by atoms with E-state index >= 15 is 0 Å². The minimum atomic E-state index is -0.420. The average molecular weight is 562 g/mol. The van der Waals surface area contributed by atoms with Gasteiger partial charge in [-0.15, -0.1) is 0 Å². The van der Waals surface area contributed by atoms with E-state index < -0.39 is 4.92 Å². The first-order valence-electron chi connectivity index (χ1n) is 11.6. The molecule has 35 heavy (non-hydrogen) atoms. The normalized spacial score (nSPS) is 14.0. The maximum absolute atomic E-state index is 13.7. The molecule has 1 saturated heterocycles. The van der Waals surface area contributed by atoms with Gasteiger partial charge in [0.2, 0.25) is 0 Å². The molecule has 0 spiro atoms. The number of benzene rings is 2. The number of fused-ring (bicyclic) bond motifs is 1. The summed E-state index contributed by atoms with van der Waals surface area (Å²) in [6.07, 6.45) is 0. The number of aromatic nitrogens is 1. The van der Waals surface area contributed by atoms with Gasteiger partial charge in [-0.3, -0.25) is 19.8 Å². The number of carbonyl (C=O) groups excluding carboxylic acids is 1. The maximum Gasteiger partial charge on any atom is 0.293 e. The largest absolute Gasteiger partial charge is 0.378 e. The smallest absolute Gasteiger partial charge is 0.293 e. The molecule has 0 unspecified atom stereocenters. The summed E-state index contributed by atoms with van der Waals surface area (Å²) in [4.78, 5) is 35.8. The molecule has 0 N–H and O–H groups in total. The molecule has 1 aromatic heterocycles. The van der Waals surface area contributed by atoms with Gasteiger partial charge in [-0.2, -0.15) is 0 Å². The van der Waals surface area contributed by atoms with Crippen LogP contribution in [0.25, 0.3) is 10.2 Å². The van der Waals surface area contributed by atoms with Crippen molar-refractivity contribution < 1.29 is 14.5 Å². The Labute approximate surface area is 216 Å². The molecule has 4 rings (SSSR count). The number of carbonyl (C=O) groups is 1. The third-order valence-corrected chi connectivity index (χ3v) is 7.65. The van der Waals surface area contributed by atoms with Crippen LogP contribution in [0, 0.1) is 10.1 Å². The second-order valence-electron chi connectivity index (χ2n) is 8.15. The average Bonchev–Trinajstić information content (AvgIpc) is 3.29. The third kappa shape index (κ3) is 5.80. The number of morpholine rings is 1. The van der Waals surface area contributed by atoms with Gasteiger partial charge in [0.05, 0.1) is 28.4 Å². The standard InChI is InChI=1S/C24H28BrN5O4S/c1-3-27(4-2)9-10-29(24-26-19-7-6-18(25)16-22(19)35-24)23(31)17-5-8-20(21(15-17)30(32)33)28-11-13-34-14-12-28/h5-8,15-16H,3-4,9-14H2,1-2H3. The number of rotatable bonds is 9. The van der Waals surface area contributed by atoms with E-state index in [9.17, 15) is 14.9 Å². The zero-order chi connectivity index (χ0) is 24.9.